The van der Waals surface area contributed by atoms with Crippen molar-refractivity contribution in [3.63, 3.8) is 0 Å². The van der Waals surface area contributed by atoms with Crippen molar-refractivity contribution in [1.29, 1.82) is 0 Å². The molecule has 0 aromatic heterocycles. The number of sulfone groups is 1. The van der Waals surface area contributed by atoms with E-state index in [4.69, 9.17) is 9.47 Å². The quantitative estimate of drug-likeness (QED) is 0.173. The Morgan fingerprint density at radius 2 is 1.23 bits per heavy atom. The average Bonchev–Trinajstić information content (AvgIpc) is 3.40. The summed E-state index contributed by atoms with van der Waals surface area (Å²) in [6, 6.07) is 20.4. The number of esters is 1. The van der Waals surface area contributed by atoms with Crippen LogP contribution in [-0.4, -0.2) is 62.6 Å². The maximum Gasteiger partial charge on any atom is 0.407 e. The third-order valence-corrected chi connectivity index (χ3v) is 9.95. The van der Waals surface area contributed by atoms with Crippen LogP contribution in [0.1, 0.15) is 71.9 Å². The largest absolute Gasteiger partial charge is 0.460 e. The van der Waals surface area contributed by atoms with E-state index in [1.807, 2.05) is 48.5 Å². The van der Waals surface area contributed by atoms with Crippen LogP contribution < -0.4 is 16.0 Å². The second-order valence-electron chi connectivity index (χ2n) is 14.5. The number of fused-ring (bicyclic) bond motifs is 3. The predicted octanol–water partition coefficient (Wildman–Crippen LogP) is 5.89. The SMILES string of the molecule is CC(C)[C@H](NC(=O)OCC1c2ccccc2-c2ccccc21)C(=O)N[C@H](C(=O)N[C@H](/C=C/S(=O)(=O)c1ccccc1)CC(=O)OC(C)(C)C)C(C)C. The lowest BCUT2D eigenvalue weighted by atomic mass is 9.98. The molecule has 1 aliphatic carbocycles. The molecule has 52 heavy (non-hydrogen) atoms. The predicted molar refractivity (Wildman–Crippen MR) is 199 cm³/mol. The summed E-state index contributed by atoms with van der Waals surface area (Å²) >= 11 is 0. The Hall–Kier alpha value is -4.97. The maximum absolute atomic E-state index is 13.7. The zero-order valence-corrected chi connectivity index (χ0v) is 31.5. The first-order valence-corrected chi connectivity index (χ1v) is 18.9. The topological polar surface area (TPSA) is 157 Å². The summed E-state index contributed by atoms with van der Waals surface area (Å²) in [6.45, 7) is 12.1. The Kier molecular flexibility index (Phi) is 13.0. The van der Waals surface area contributed by atoms with Gasteiger partial charge in [0, 0.05) is 11.3 Å². The standard InChI is InChI=1S/C40H49N3O8S/c1-25(2)35(37(45)41-27(23-34(44)51-40(5,6)7)21-22-52(48,49)28-15-9-8-10-16-28)42-38(46)36(26(3)4)43-39(47)50-24-33-31-19-13-11-17-29(31)30-18-12-14-20-32(30)33/h8-22,25-27,33,35-36H,23-24H2,1-7H3,(H,41,45)(H,42,46)(H,43,47)/b22-21+/t27-,35+,36+/m1/s1. The molecule has 0 unspecified atom stereocenters. The first-order chi connectivity index (χ1) is 24.5. The highest BCUT2D eigenvalue weighted by atomic mass is 32.2. The van der Waals surface area contributed by atoms with Crippen molar-refractivity contribution < 1.29 is 37.1 Å². The van der Waals surface area contributed by atoms with Crippen LogP contribution in [0.25, 0.3) is 11.1 Å². The van der Waals surface area contributed by atoms with Crippen molar-refractivity contribution in [2.24, 2.45) is 11.8 Å². The van der Waals surface area contributed by atoms with Gasteiger partial charge in [-0.1, -0.05) is 94.4 Å². The Morgan fingerprint density at radius 3 is 1.77 bits per heavy atom. The van der Waals surface area contributed by atoms with Crippen molar-refractivity contribution in [3.05, 3.63) is 101 Å². The molecule has 0 bridgehead atoms. The molecule has 0 heterocycles. The normalized spacial score (nSPS) is 14.6. The molecule has 0 fully saturated rings. The second kappa shape index (κ2) is 17.0. The average molecular weight is 732 g/mol. The number of amides is 3. The van der Waals surface area contributed by atoms with Crippen LogP contribution in [0, 0.1) is 11.8 Å². The lowest BCUT2D eigenvalue weighted by Gasteiger charge is -2.28. The van der Waals surface area contributed by atoms with Gasteiger partial charge in [0.15, 0.2) is 9.84 Å². The van der Waals surface area contributed by atoms with Crippen LogP contribution in [0.5, 0.6) is 0 Å². The van der Waals surface area contributed by atoms with E-state index >= 15 is 0 Å². The van der Waals surface area contributed by atoms with Crippen LogP contribution in [0.3, 0.4) is 0 Å². The van der Waals surface area contributed by atoms with Gasteiger partial charge in [-0.2, -0.15) is 0 Å². The van der Waals surface area contributed by atoms with Crippen LogP contribution in [0.15, 0.2) is 95.2 Å². The number of nitrogens with one attached hydrogen (secondary N) is 3. The van der Waals surface area contributed by atoms with Gasteiger partial charge in [-0.3, -0.25) is 14.4 Å². The van der Waals surface area contributed by atoms with E-state index in [2.05, 4.69) is 16.0 Å². The number of alkyl carbamates (subject to hydrolysis) is 1. The Bertz CT molecular complexity index is 1840. The minimum Gasteiger partial charge on any atom is -0.460 e. The maximum atomic E-state index is 13.7. The van der Waals surface area contributed by atoms with Crippen molar-refractivity contribution in [1.82, 2.24) is 16.0 Å². The summed E-state index contributed by atoms with van der Waals surface area (Å²) in [5.74, 6) is -2.88. The molecule has 0 saturated heterocycles. The molecular weight excluding hydrogens is 683 g/mol. The van der Waals surface area contributed by atoms with Crippen LogP contribution >= 0.6 is 0 Å². The van der Waals surface area contributed by atoms with E-state index in [1.54, 1.807) is 66.7 Å². The van der Waals surface area contributed by atoms with Crippen molar-refractivity contribution in [2.75, 3.05) is 6.61 Å². The number of carbonyl (C=O) groups excluding carboxylic acids is 4. The molecule has 3 aromatic rings. The molecule has 4 rings (SSSR count). The molecule has 0 saturated carbocycles. The monoisotopic (exact) mass is 731 g/mol. The van der Waals surface area contributed by atoms with Gasteiger partial charge in [0.05, 0.1) is 17.4 Å². The summed E-state index contributed by atoms with van der Waals surface area (Å²) in [5.41, 5.74) is 3.47. The Balaban J connectivity index is 1.44. The molecule has 3 amide bonds. The zero-order valence-electron chi connectivity index (χ0n) is 30.7. The van der Waals surface area contributed by atoms with Gasteiger partial charge in [0.1, 0.15) is 24.3 Å². The van der Waals surface area contributed by atoms with Gasteiger partial charge >= 0.3 is 12.1 Å². The van der Waals surface area contributed by atoms with E-state index in [0.717, 1.165) is 27.7 Å². The minimum atomic E-state index is -3.90. The number of carbonyl (C=O) groups is 4. The van der Waals surface area contributed by atoms with Crippen LogP contribution in [0.2, 0.25) is 0 Å². The van der Waals surface area contributed by atoms with Gasteiger partial charge < -0.3 is 25.4 Å². The van der Waals surface area contributed by atoms with E-state index in [9.17, 15) is 27.6 Å². The number of ether oxygens (including phenoxy) is 2. The van der Waals surface area contributed by atoms with Crippen molar-refractivity contribution in [3.8, 4) is 11.1 Å². The molecule has 278 valence electrons. The van der Waals surface area contributed by atoms with E-state index in [-0.39, 0.29) is 29.8 Å². The Morgan fingerprint density at radius 1 is 0.731 bits per heavy atom. The number of hydrogen-bond acceptors (Lipinski definition) is 8. The molecule has 3 aromatic carbocycles. The highest BCUT2D eigenvalue weighted by molar-refractivity contribution is 7.94. The third kappa shape index (κ3) is 10.5. The lowest BCUT2D eigenvalue weighted by Crippen LogP contribution is -2.57. The zero-order chi connectivity index (χ0) is 38.2. The first kappa shape index (κ1) is 39.8. The van der Waals surface area contributed by atoms with Gasteiger partial charge in [-0.15, -0.1) is 0 Å². The van der Waals surface area contributed by atoms with E-state index < -0.39 is 63.4 Å². The molecule has 11 nitrogen and oxygen atoms in total. The lowest BCUT2D eigenvalue weighted by molar-refractivity contribution is -0.155. The second-order valence-corrected chi connectivity index (χ2v) is 16.3. The highest BCUT2D eigenvalue weighted by Crippen LogP contribution is 2.44. The van der Waals surface area contributed by atoms with Crippen LogP contribution in [-0.2, 0) is 33.7 Å². The number of benzene rings is 3. The summed E-state index contributed by atoms with van der Waals surface area (Å²) in [5, 5.41) is 9.05. The highest BCUT2D eigenvalue weighted by Gasteiger charge is 2.33. The van der Waals surface area contributed by atoms with Crippen molar-refractivity contribution in [2.45, 2.75) is 89.4 Å². The van der Waals surface area contributed by atoms with E-state index in [1.165, 1.54) is 18.2 Å². The fourth-order valence-corrected chi connectivity index (χ4v) is 7.06. The molecule has 0 aliphatic heterocycles. The molecule has 1 aliphatic rings. The fraction of sp³-hybridized carbons (Fsp3) is 0.400. The molecule has 3 atom stereocenters. The summed E-state index contributed by atoms with van der Waals surface area (Å²) in [6.07, 6.45) is 0.0861. The minimum absolute atomic E-state index is 0.0459. The molecule has 3 N–H and O–H groups in total. The number of hydrogen-bond donors (Lipinski definition) is 3. The summed E-state index contributed by atoms with van der Waals surface area (Å²) < 4.78 is 37.0. The molecule has 0 spiro atoms. The van der Waals surface area contributed by atoms with Crippen molar-refractivity contribution >= 4 is 33.7 Å². The number of rotatable bonds is 14. The first-order valence-electron chi connectivity index (χ1n) is 17.4. The fourth-order valence-electron chi connectivity index (χ4n) is 5.97. The van der Waals surface area contributed by atoms with Gasteiger partial charge in [-0.05, 0) is 73.1 Å². The van der Waals surface area contributed by atoms with Gasteiger partial charge in [0.25, 0.3) is 0 Å². The van der Waals surface area contributed by atoms with E-state index in [0.29, 0.717) is 0 Å². The Labute approximate surface area is 306 Å². The summed E-state index contributed by atoms with van der Waals surface area (Å²) in [4.78, 5) is 53.2. The molecule has 12 heteroatoms. The molecule has 0 radical (unpaired) electrons. The van der Waals surface area contributed by atoms with Gasteiger partial charge in [-0.25, -0.2) is 13.2 Å². The third-order valence-electron chi connectivity index (χ3n) is 8.51. The van der Waals surface area contributed by atoms with Gasteiger partial charge in [0.2, 0.25) is 11.8 Å². The summed E-state index contributed by atoms with van der Waals surface area (Å²) in [7, 11) is -3.90. The molecular formula is C40H49N3O8S. The van der Waals surface area contributed by atoms with Crippen LogP contribution in [0.4, 0.5) is 4.79 Å². The smallest absolute Gasteiger partial charge is 0.407 e.